The number of hydrogen-bond acceptors (Lipinski definition) is 6. The molecule has 140 valence electrons. The second kappa shape index (κ2) is 7.96. The smallest absolute Gasteiger partial charge is 0.217 e. The van der Waals surface area contributed by atoms with Crippen molar-refractivity contribution in [1.29, 1.82) is 0 Å². The highest BCUT2D eigenvalue weighted by atomic mass is 32.2. The molecule has 0 spiro atoms. The summed E-state index contributed by atoms with van der Waals surface area (Å²) >= 11 is 0. The van der Waals surface area contributed by atoms with Gasteiger partial charge in [0.15, 0.2) is 11.6 Å². The summed E-state index contributed by atoms with van der Waals surface area (Å²) in [6.07, 6.45) is 1.32. The molecule has 0 saturated carbocycles. The Balaban J connectivity index is 1.54. The number of ether oxygens (including phenoxy) is 1. The first-order valence-electron chi connectivity index (χ1n) is 8.35. The number of benzene rings is 1. The predicted molar refractivity (Wildman–Crippen MR) is 96.2 cm³/mol. The Hall–Kier alpha value is -2.26. The van der Waals surface area contributed by atoms with Crippen LogP contribution >= 0.6 is 0 Å². The summed E-state index contributed by atoms with van der Waals surface area (Å²) in [4.78, 5) is 9.55. The molecular formula is C17H21FN4O3S. The first-order valence-corrected chi connectivity index (χ1v) is 9.96. The van der Waals surface area contributed by atoms with Gasteiger partial charge in [-0.1, -0.05) is 18.2 Å². The van der Waals surface area contributed by atoms with Crippen molar-refractivity contribution < 1.29 is 17.5 Å². The molecule has 1 aromatic heterocycles. The quantitative estimate of drug-likeness (QED) is 0.755. The van der Waals surface area contributed by atoms with Crippen molar-refractivity contribution in [3.8, 4) is 5.75 Å². The van der Waals surface area contributed by atoms with E-state index in [2.05, 4.69) is 9.97 Å². The largest absolute Gasteiger partial charge is 0.492 e. The minimum absolute atomic E-state index is 0.0896. The van der Waals surface area contributed by atoms with Crippen LogP contribution in [0.5, 0.6) is 5.75 Å². The van der Waals surface area contributed by atoms with E-state index in [1.165, 1.54) is 10.6 Å². The van der Waals surface area contributed by atoms with Crippen molar-refractivity contribution in [2.24, 2.45) is 0 Å². The number of halogens is 1. The number of aryl methyl sites for hydroxylation is 1. The molecule has 1 aromatic carbocycles. The van der Waals surface area contributed by atoms with Gasteiger partial charge in [0.1, 0.15) is 18.7 Å². The number of nitrogens with zero attached hydrogens (tertiary/aromatic N) is 4. The van der Waals surface area contributed by atoms with E-state index < -0.39 is 15.8 Å². The number of rotatable bonds is 6. The first-order chi connectivity index (χ1) is 12.5. The number of sulfonamides is 1. The Kier molecular flexibility index (Phi) is 5.67. The summed E-state index contributed by atoms with van der Waals surface area (Å²) < 4.78 is 46.0. The lowest BCUT2D eigenvalue weighted by atomic mass is 10.3. The van der Waals surface area contributed by atoms with Gasteiger partial charge in [-0.3, -0.25) is 0 Å². The monoisotopic (exact) mass is 380 g/mol. The molecule has 26 heavy (non-hydrogen) atoms. The SMILES string of the molecule is Cc1ncnc(N2CCN(S(=O)(=O)CCOc3ccccc3)CC2)c1F. The zero-order chi connectivity index (χ0) is 18.6. The normalized spacial score (nSPS) is 15.8. The molecule has 0 N–H and O–H groups in total. The third-order valence-corrected chi connectivity index (χ3v) is 6.06. The van der Waals surface area contributed by atoms with Gasteiger partial charge in [0, 0.05) is 26.2 Å². The molecule has 9 heteroatoms. The van der Waals surface area contributed by atoms with Crippen LogP contribution in [-0.4, -0.2) is 61.2 Å². The van der Waals surface area contributed by atoms with Crippen molar-refractivity contribution in [3.05, 3.63) is 48.2 Å². The highest BCUT2D eigenvalue weighted by Crippen LogP contribution is 2.20. The van der Waals surface area contributed by atoms with Crippen LogP contribution in [0.1, 0.15) is 5.69 Å². The van der Waals surface area contributed by atoms with Crippen LogP contribution in [0, 0.1) is 12.7 Å². The zero-order valence-corrected chi connectivity index (χ0v) is 15.3. The van der Waals surface area contributed by atoms with E-state index in [9.17, 15) is 12.8 Å². The molecule has 1 aliphatic heterocycles. The highest BCUT2D eigenvalue weighted by Gasteiger charge is 2.28. The Morgan fingerprint density at radius 1 is 1.12 bits per heavy atom. The van der Waals surface area contributed by atoms with Crippen molar-refractivity contribution in [3.63, 3.8) is 0 Å². The molecule has 0 atom stereocenters. The standard InChI is InChI=1S/C17H21FN4O3S/c1-14-16(18)17(20-13-19-14)21-7-9-22(10-8-21)26(23,24)12-11-25-15-5-3-2-4-6-15/h2-6,13H,7-12H2,1H3. The molecule has 1 saturated heterocycles. The van der Waals surface area contributed by atoms with Gasteiger partial charge in [0.05, 0.1) is 11.4 Å². The Morgan fingerprint density at radius 3 is 2.50 bits per heavy atom. The fraction of sp³-hybridized carbons (Fsp3) is 0.412. The van der Waals surface area contributed by atoms with E-state index in [-0.39, 0.29) is 37.0 Å². The number of hydrogen-bond donors (Lipinski definition) is 0. The van der Waals surface area contributed by atoms with E-state index in [0.29, 0.717) is 18.8 Å². The third-order valence-electron chi connectivity index (χ3n) is 4.23. The van der Waals surface area contributed by atoms with Crippen LogP contribution in [0.4, 0.5) is 10.2 Å². The van der Waals surface area contributed by atoms with Crippen LogP contribution in [0.3, 0.4) is 0 Å². The Morgan fingerprint density at radius 2 is 1.81 bits per heavy atom. The van der Waals surface area contributed by atoms with Gasteiger partial charge in [-0.05, 0) is 19.1 Å². The molecule has 3 rings (SSSR count). The van der Waals surface area contributed by atoms with Crippen molar-refractivity contribution >= 4 is 15.8 Å². The van der Waals surface area contributed by atoms with Gasteiger partial charge in [-0.15, -0.1) is 0 Å². The predicted octanol–water partition coefficient (Wildman–Crippen LogP) is 1.45. The molecular weight excluding hydrogens is 359 g/mol. The van der Waals surface area contributed by atoms with E-state index in [1.807, 2.05) is 18.2 Å². The molecule has 0 amide bonds. The van der Waals surface area contributed by atoms with Crippen LogP contribution in [0.25, 0.3) is 0 Å². The van der Waals surface area contributed by atoms with Gasteiger partial charge < -0.3 is 9.64 Å². The lowest BCUT2D eigenvalue weighted by Crippen LogP contribution is -2.50. The lowest BCUT2D eigenvalue weighted by Gasteiger charge is -2.34. The maximum absolute atomic E-state index is 14.1. The summed E-state index contributed by atoms with van der Waals surface area (Å²) in [5.41, 5.74) is 0.281. The maximum Gasteiger partial charge on any atom is 0.217 e. The highest BCUT2D eigenvalue weighted by molar-refractivity contribution is 7.89. The van der Waals surface area contributed by atoms with E-state index in [1.54, 1.807) is 24.0 Å². The molecule has 0 bridgehead atoms. The summed E-state index contributed by atoms with van der Waals surface area (Å²) in [6, 6.07) is 9.09. The van der Waals surface area contributed by atoms with Crippen LogP contribution in [0.15, 0.2) is 36.7 Å². The summed E-state index contributed by atoms with van der Waals surface area (Å²) in [5, 5.41) is 0. The minimum atomic E-state index is -3.42. The molecule has 2 aromatic rings. The van der Waals surface area contributed by atoms with Crippen LogP contribution < -0.4 is 9.64 Å². The van der Waals surface area contributed by atoms with Gasteiger partial charge in [0.2, 0.25) is 10.0 Å². The van der Waals surface area contributed by atoms with E-state index >= 15 is 0 Å². The van der Waals surface area contributed by atoms with Crippen LogP contribution in [-0.2, 0) is 10.0 Å². The fourth-order valence-corrected chi connectivity index (χ4v) is 4.03. The first kappa shape index (κ1) is 18.5. The minimum Gasteiger partial charge on any atom is -0.492 e. The molecule has 0 radical (unpaired) electrons. The topological polar surface area (TPSA) is 75.6 Å². The summed E-state index contributed by atoms with van der Waals surface area (Å²) in [6.45, 7) is 3.00. The Bertz CT molecular complexity index is 840. The molecule has 0 aliphatic carbocycles. The number of anilines is 1. The van der Waals surface area contributed by atoms with Gasteiger partial charge in [-0.2, -0.15) is 4.31 Å². The van der Waals surface area contributed by atoms with Crippen molar-refractivity contribution in [2.45, 2.75) is 6.92 Å². The number of piperazine rings is 1. The van der Waals surface area contributed by atoms with Gasteiger partial charge in [0.25, 0.3) is 0 Å². The van der Waals surface area contributed by atoms with Crippen molar-refractivity contribution in [2.75, 3.05) is 43.4 Å². The van der Waals surface area contributed by atoms with E-state index in [0.717, 1.165) is 0 Å². The average molecular weight is 380 g/mol. The number of para-hydroxylation sites is 1. The van der Waals surface area contributed by atoms with Crippen LogP contribution in [0.2, 0.25) is 0 Å². The average Bonchev–Trinajstić information content (AvgIpc) is 2.65. The van der Waals surface area contributed by atoms with Gasteiger partial charge in [-0.25, -0.2) is 22.8 Å². The zero-order valence-electron chi connectivity index (χ0n) is 14.5. The van der Waals surface area contributed by atoms with E-state index in [4.69, 9.17) is 4.74 Å². The summed E-state index contributed by atoms with van der Waals surface area (Å²) in [7, 11) is -3.42. The fourth-order valence-electron chi connectivity index (χ4n) is 2.75. The second-order valence-electron chi connectivity index (χ2n) is 5.96. The Labute approximate surface area is 152 Å². The molecule has 7 nitrogen and oxygen atoms in total. The molecule has 1 fully saturated rings. The second-order valence-corrected chi connectivity index (χ2v) is 8.05. The van der Waals surface area contributed by atoms with Crippen molar-refractivity contribution in [1.82, 2.24) is 14.3 Å². The molecule has 2 heterocycles. The third kappa shape index (κ3) is 4.28. The maximum atomic E-state index is 14.1. The lowest BCUT2D eigenvalue weighted by molar-refractivity contribution is 0.330. The summed E-state index contributed by atoms with van der Waals surface area (Å²) in [5.74, 6) is 0.312. The molecule has 0 unspecified atom stereocenters. The number of aromatic nitrogens is 2. The molecule has 1 aliphatic rings. The van der Waals surface area contributed by atoms with Gasteiger partial charge >= 0.3 is 0 Å².